The van der Waals surface area contributed by atoms with Gasteiger partial charge in [-0.05, 0) is 63.1 Å². The van der Waals surface area contributed by atoms with Crippen molar-refractivity contribution in [2.45, 2.75) is 32.9 Å². The molecule has 1 aliphatic rings. The predicted octanol–water partition coefficient (Wildman–Crippen LogP) is 4.68. The number of hydrogen-bond donors (Lipinski definition) is 2. The second-order valence-corrected chi connectivity index (χ2v) is 8.13. The highest BCUT2D eigenvalue weighted by Crippen LogP contribution is 2.31. The Morgan fingerprint density at radius 1 is 0.971 bits per heavy atom. The zero-order chi connectivity index (χ0) is 24.6. The van der Waals surface area contributed by atoms with E-state index in [1.807, 2.05) is 0 Å². The van der Waals surface area contributed by atoms with Crippen molar-refractivity contribution in [3.63, 3.8) is 0 Å². The van der Waals surface area contributed by atoms with Gasteiger partial charge in [0.15, 0.2) is 0 Å². The maximum Gasteiger partial charge on any atom is 0.416 e. The molecule has 176 valence electrons. The Labute approximate surface area is 193 Å². The average molecular weight is 470 g/mol. The number of nitrogens with zero attached hydrogens (tertiary/aromatic N) is 2. The van der Waals surface area contributed by atoms with Crippen LogP contribution in [0.4, 0.5) is 24.5 Å². The Morgan fingerprint density at radius 2 is 1.62 bits per heavy atom. The summed E-state index contributed by atoms with van der Waals surface area (Å²) in [5.41, 5.74) is 0.529. The van der Waals surface area contributed by atoms with Crippen LogP contribution in [0.15, 0.2) is 48.5 Å². The molecule has 0 saturated heterocycles. The fraction of sp³-hybridized carbons (Fsp3) is 0.250. The minimum Gasteiger partial charge on any atom is -0.326 e. The van der Waals surface area contributed by atoms with Crippen LogP contribution in [0.5, 0.6) is 0 Å². The van der Waals surface area contributed by atoms with Gasteiger partial charge in [0.05, 0.1) is 28.2 Å². The van der Waals surface area contributed by atoms with Crippen molar-refractivity contribution in [3.05, 3.63) is 71.0 Å². The van der Waals surface area contributed by atoms with Crippen LogP contribution < -0.4 is 10.6 Å². The minimum absolute atomic E-state index is 0.00750. The molecule has 0 spiro atoms. The molecule has 7 nitrogen and oxygen atoms in total. The fourth-order valence-electron chi connectivity index (χ4n) is 3.60. The molecule has 1 aromatic heterocycles. The number of anilines is 2. The molecule has 10 heteroatoms. The largest absolute Gasteiger partial charge is 0.416 e. The molecule has 3 aromatic rings. The van der Waals surface area contributed by atoms with Crippen LogP contribution in [0.2, 0.25) is 0 Å². The number of aromatic nitrogens is 2. The zero-order valence-electron chi connectivity index (χ0n) is 18.4. The van der Waals surface area contributed by atoms with Gasteiger partial charge in [-0.2, -0.15) is 18.3 Å². The minimum atomic E-state index is -4.53. The Balaban J connectivity index is 1.54. The molecule has 1 fully saturated rings. The smallest absolute Gasteiger partial charge is 0.326 e. The molecule has 0 bridgehead atoms. The average Bonchev–Trinajstić information content (AvgIpc) is 3.58. The van der Waals surface area contributed by atoms with E-state index in [0.29, 0.717) is 11.4 Å². The van der Waals surface area contributed by atoms with E-state index in [1.165, 1.54) is 36.7 Å². The zero-order valence-corrected chi connectivity index (χ0v) is 18.4. The van der Waals surface area contributed by atoms with Gasteiger partial charge in [-0.15, -0.1) is 0 Å². The number of carbonyl (C=O) groups excluding carboxylic acids is 3. The van der Waals surface area contributed by atoms with Gasteiger partial charge in [0.2, 0.25) is 5.91 Å². The van der Waals surface area contributed by atoms with E-state index in [9.17, 15) is 27.6 Å². The number of hydrogen-bond acceptors (Lipinski definition) is 4. The van der Waals surface area contributed by atoms with E-state index in [-0.39, 0.29) is 34.5 Å². The number of nitrogens with one attached hydrogen (secondary N) is 2. The molecular weight excluding hydrogens is 449 g/mol. The molecule has 2 amide bonds. The predicted molar refractivity (Wildman–Crippen MR) is 119 cm³/mol. The molecule has 0 radical (unpaired) electrons. The number of halogens is 3. The summed E-state index contributed by atoms with van der Waals surface area (Å²) in [5, 5.41) is 9.45. The number of alkyl halides is 3. The molecular formula is C24H21F3N4O3. The van der Waals surface area contributed by atoms with Crippen molar-refractivity contribution < 1.29 is 27.6 Å². The lowest BCUT2D eigenvalue weighted by atomic mass is 10.1. The summed E-state index contributed by atoms with van der Waals surface area (Å²) in [4.78, 5) is 37.5. The van der Waals surface area contributed by atoms with Crippen LogP contribution in [0, 0.1) is 19.8 Å². The second-order valence-electron chi connectivity index (χ2n) is 8.13. The van der Waals surface area contributed by atoms with E-state index >= 15 is 0 Å². The summed E-state index contributed by atoms with van der Waals surface area (Å²) in [6, 6.07) is 11.0. The first-order valence-corrected chi connectivity index (χ1v) is 10.5. The Kier molecular flexibility index (Phi) is 5.99. The third-order valence-electron chi connectivity index (χ3n) is 5.48. The van der Waals surface area contributed by atoms with Gasteiger partial charge >= 0.3 is 6.18 Å². The van der Waals surface area contributed by atoms with Crippen LogP contribution in [0.1, 0.15) is 40.2 Å². The lowest BCUT2D eigenvalue weighted by Crippen LogP contribution is -2.24. The topological polar surface area (TPSA) is 93.1 Å². The summed E-state index contributed by atoms with van der Waals surface area (Å²) in [6.07, 6.45) is -2.83. The van der Waals surface area contributed by atoms with Gasteiger partial charge in [0.1, 0.15) is 0 Å². The SMILES string of the molecule is Cc1nn(-c2cccc(C(F)(F)F)c2)c(C)c1C(=O)C(=O)Nc1cccc(NC(=O)C2CC2)c1. The number of aryl methyl sites for hydroxylation is 1. The lowest BCUT2D eigenvalue weighted by Gasteiger charge is -2.10. The van der Waals surface area contributed by atoms with Gasteiger partial charge in [-0.1, -0.05) is 12.1 Å². The highest BCUT2D eigenvalue weighted by Gasteiger charge is 2.32. The Bertz CT molecular complexity index is 1290. The van der Waals surface area contributed by atoms with E-state index in [1.54, 1.807) is 18.2 Å². The monoisotopic (exact) mass is 470 g/mol. The standard InChI is InChI=1S/C24H21F3N4O3/c1-13-20(14(2)31(30-13)19-8-3-5-16(11-19)24(25,26)27)21(32)23(34)29-18-7-4-6-17(12-18)28-22(33)15-9-10-15/h3-8,11-12,15H,9-10H2,1-2H3,(H,28,33)(H,29,34). The maximum atomic E-state index is 13.1. The number of rotatable bonds is 6. The van der Waals surface area contributed by atoms with Gasteiger partial charge in [-0.3, -0.25) is 14.4 Å². The summed E-state index contributed by atoms with van der Waals surface area (Å²) in [6.45, 7) is 3.01. The third-order valence-corrected chi connectivity index (χ3v) is 5.48. The number of carbonyl (C=O) groups is 3. The number of Topliss-reactive ketones (excluding diaryl/α,β-unsaturated/α-hetero) is 1. The normalized spacial score (nSPS) is 13.4. The van der Waals surface area contributed by atoms with Crippen LogP contribution in [0.3, 0.4) is 0 Å². The van der Waals surface area contributed by atoms with E-state index in [0.717, 1.165) is 25.0 Å². The first-order chi connectivity index (χ1) is 16.0. The van der Waals surface area contributed by atoms with Crippen molar-refractivity contribution in [2.24, 2.45) is 5.92 Å². The quantitative estimate of drug-likeness (QED) is 0.404. The Hall–Kier alpha value is -3.95. The van der Waals surface area contributed by atoms with Crippen molar-refractivity contribution in [2.75, 3.05) is 10.6 Å². The first-order valence-electron chi connectivity index (χ1n) is 10.5. The molecule has 0 unspecified atom stereocenters. The van der Waals surface area contributed by atoms with E-state index in [2.05, 4.69) is 15.7 Å². The summed E-state index contributed by atoms with van der Waals surface area (Å²) in [7, 11) is 0. The number of benzene rings is 2. The highest BCUT2D eigenvalue weighted by atomic mass is 19.4. The molecule has 1 saturated carbocycles. The molecule has 2 N–H and O–H groups in total. The van der Waals surface area contributed by atoms with Crippen molar-refractivity contribution in [1.82, 2.24) is 9.78 Å². The molecule has 4 rings (SSSR count). The van der Waals surface area contributed by atoms with E-state index in [4.69, 9.17) is 0 Å². The van der Waals surface area contributed by atoms with Crippen LogP contribution in [0.25, 0.3) is 5.69 Å². The van der Waals surface area contributed by atoms with Crippen molar-refractivity contribution >= 4 is 29.0 Å². The molecule has 0 aliphatic heterocycles. The number of ketones is 1. The molecule has 1 aliphatic carbocycles. The summed E-state index contributed by atoms with van der Waals surface area (Å²) < 4.78 is 40.5. The number of amides is 2. The molecule has 0 atom stereocenters. The van der Waals surface area contributed by atoms with Gasteiger partial charge in [-0.25, -0.2) is 4.68 Å². The van der Waals surface area contributed by atoms with Gasteiger partial charge < -0.3 is 10.6 Å². The van der Waals surface area contributed by atoms with Gasteiger partial charge in [0.25, 0.3) is 11.7 Å². The lowest BCUT2D eigenvalue weighted by molar-refractivity contribution is -0.137. The molecule has 34 heavy (non-hydrogen) atoms. The fourth-order valence-corrected chi connectivity index (χ4v) is 3.60. The van der Waals surface area contributed by atoms with Gasteiger partial charge in [0, 0.05) is 17.3 Å². The second kappa shape index (κ2) is 8.77. The van der Waals surface area contributed by atoms with Crippen molar-refractivity contribution in [1.29, 1.82) is 0 Å². The summed E-state index contributed by atoms with van der Waals surface area (Å²) in [5.74, 6) is -1.88. The van der Waals surface area contributed by atoms with Crippen LogP contribution in [-0.2, 0) is 15.8 Å². The molecule has 2 aromatic carbocycles. The van der Waals surface area contributed by atoms with Crippen LogP contribution >= 0.6 is 0 Å². The van der Waals surface area contributed by atoms with Crippen LogP contribution in [-0.4, -0.2) is 27.4 Å². The Morgan fingerprint density at radius 3 is 2.26 bits per heavy atom. The molecule has 1 heterocycles. The van der Waals surface area contributed by atoms with E-state index < -0.39 is 23.4 Å². The first kappa shape index (κ1) is 23.2. The maximum absolute atomic E-state index is 13.1. The van der Waals surface area contributed by atoms with Crippen molar-refractivity contribution in [3.8, 4) is 5.69 Å². The highest BCUT2D eigenvalue weighted by molar-refractivity contribution is 6.47. The third kappa shape index (κ3) is 4.85. The summed E-state index contributed by atoms with van der Waals surface area (Å²) >= 11 is 0.